The summed E-state index contributed by atoms with van der Waals surface area (Å²) in [7, 11) is 2.12. The zero-order chi connectivity index (χ0) is 17.6. The second kappa shape index (κ2) is 8.12. The Morgan fingerprint density at radius 2 is 1.88 bits per heavy atom. The SMILES string of the molecule is C[C@H](NC(=O)NC1CCN(C)CC1)c1ccc(-c2cccnc2)cc1. The molecule has 1 atom stereocenters. The molecule has 0 spiro atoms. The van der Waals surface area contributed by atoms with E-state index in [0.29, 0.717) is 0 Å². The molecule has 1 aromatic carbocycles. The van der Waals surface area contributed by atoms with Gasteiger partial charge in [-0.25, -0.2) is 4.79 Å². The number of urea groups is 1. The summed E-state index contributed by atoms with van der Waals surface area (Å²) < 4.78 is 0. The standard InChI is InChI=1S/C20H26N4O/c1-15(22-20(25)23-19-9-12-24(2)13-10-19)16-5-7-17(8-6-16)18-4-3-11-21-14-18/h3-8,11,14-15,19H,9-10,12-13H2,1-2H3,(H2,22,23,25)/t15-/m0/s1. The number of likely N-dealkylation sites (tertiary alicyclic amines) is 1. The molecular weight excluding hydrogens is 312 g/mol. The second-order valence-electron chi connectivity index (χ2n) is 6.78. The molecule has 1 saturated heterocycles. The van der Waals surface area contributed by atoms with Crippen LogP contribution in [0.2, 0.25) is 0 Å². The van der Waals surface area contributed by atoms with Gasteiger partial charge in [0.15, 0.2) is 0 Å². The van der Waals surface area contributed by atoms with Gasteiger partial charge < -0.3 is 15.5 Å². The Morgan fingerprint density at radius 1 is 1.16 bits per heavy atom. The van der Waals surface area contributed by atoms with Gasteiger partial charge >= 0.3 is 6.03 Å². The molecule has 0 bridgehead atoms. The van der Waals surface area contributed by atoms with Gasteiger partial charge in [-0.3, -0.25) is 4.98 Å². The lowest BCUT2D eigenvalue weighted by atomic mass is 10.0. The highest BCUT2D eigenvalue weighted by Gasteiger charge is 2.19. The van der Waals surface area contributed by atoms with Gasteiger partial charge in [0.25, 0.3) is 0 Å². The van der Waals surface area contributed by atoms with E-state index in [1.807, 2.05) is 25.3 Å². The van der Waals surface area contributed by atoms with Crippen LogP contribution < -0.4 is 10.6 Å². The Balaban J connectivity index is 1.54. The maximum Gasteiger partial charge on any atom is 0.315 e. The lowest BCUT2D eigenvalue weighted by molar-refractivity contribution is 0.212. The summed E-state index contributed by atoms with van der Waals surface area (Å²) >= 11 is 0. The number of hydrogen-bond donors (Lipinski definition) is 2. The van der Waals surface area contributed by atoms with Crippen LogP contribution in [0.25, 0.3) is 11.1 Å². The monoisotopic (exact) mass is 338 g/mol. The molecule has 0 saturated carbocycles. The first kappa shape index (κ1) is 17.4. The third-order valence-corrected chi connectivity index (χ3v) is 4.81. The lowest BCUT2D eigenvalue weighted by Crippen LogP contribution is -2.47. The molecule has 132 valence electrons. The first-order chi connectivity index (χ1) is 12.1. The van der Waals surface area contributed by atoms with Gasteiger partial charge in [0.2, 0.25) is 0 Å². The van der Waals surface area contributed by atoms with E-state index in [9.17, 15) is 4.79 Å². The molecule has 1 aliphatic rings. The summed E-state index contributed by atoms with van der Waals surface area (Å²) in [4.78, 5) is 18.7. The summed E-state index contributed by atoms with van der Waals surface area (Å²) in [6.07, 6.45) is 5.65. The van der Waals surface area contributed by atoms with Crippen molar-refractivity contribution in [2.75, 3.05) is 20.1 Å². The molecule has 5 nitrogen and oxygen atoms in total. The molecule has 0 aliphatic carbocycles. The summed E-state index contributed by atoms with van der Waals surface area (Å²) in [5.74, 6) is 0. The summed E-state index contributed by atoms with van der Waals surface area (Å²) in [5, 5.41) is 6.13. The third-order valence-electron chi connectivity index (χ3n) is 4.81. The molecule has 0 unspecified atom stereocenters. The van der Waals surface area contributed by atoms with Crippen LogP contribution in [0.5, 0.6) is 0 Å². The average molecular weight is 338 g/mol. The van der Waals surface area contributed by atoms with Gasteiger partial charge in [0.1, 0.15) is 0 Å². The van der Waals surface area contributed by atoms with E-state index in [4.69, 9.17) is 0 Å². The lowest BCUT2D eigenvalue weighted by Gasteiger charge is -2.29. The summed E-state index contributed by atoms with van der Waals surface area (Å²) in [5.41, 5.74) is 3.31. The van der Waals surface area contributed by atoms with Gasteiger partial charge in [0, 0.05) is 18.4 Å². The molecule has 2 heterocycles. The zero-order valence-electron chi connectivity index (χ0n) is 14.9. The van der Waals surface area contributed by atoms with E-state index in [2.05, 4.69) is 51.8 Å². The van der Waals surface area contributed by atoms with Gasteiger partial charge in [0.05, 0.1) is 6.04 Å². The van der Waals surface area contributed by atoms with Crippen molar-refractivity contribution in [3.05, 3.63) is 54.4 Å². The Kier molecular flexibility index (Phi) is 5.66. The number of benzene rings is 1. The highest BCUT2D eigenvalue weighted by atomic mass is 16.2. The molecule has 1 aromatic heterocycles. The Labute approximate surface area is 149 Å². The van der Waals surface area contributed by atoms with Crippen molar-refractivity contribution in [1.29, 1.82) is 0 Å². The molecule has 1 fully saturated rings. The molecule has 2 aromatic rings. The first-order valence-corrected chi connectivity index (χ1v) is 8.88. The maximum atomic E-state index is 12.2. The van der Waals surface area contributed by atoms with Crippen molar-refractivity contribution in [2.24, 2.45) is 0 Å². The maximum absolute atomic E-state index is 12.2. The van der Waals surface area contributed by atoms with Crippen molar-refractivity contribution in [2.45, 2.75) is 31.8 Å². The van der Waals surface area contributed by atoms with Crippen LogP contribution in [0.15, 0.2) is 48.8 Å². The number of amides is 2. The first-order valence-electron chi connectivity index (χ1n) is 8.88. The van der Waals surface area contributed by atoms with E-state index < -0.39 is 0 Å². The smallest absolute Gasteiger partial charge is 0.315 e. The van der Waals surface area contributed by atoms with Crippen LogP contribution in [0.4, 0.5) is 4.79 Å². The van der Waals surface area contributed by atoms with Crippen LogP contribution in [0, 0.1) is 0 Å². The fraction of sp³-hybridized carbons (Fsp3) is 0.400. The number of piperidine rings is 1. The molecule has 0 radical (unpaired) electrons. The van der Waals surface area contributed by atoms with E-state index in [0.717, 1.165) is 42.6 Å². The molecule has 25 heavy (non-hydrogen) atoms. The number of nitrogens with one attached hydrogen (secondary N) is 2. The Bertz CT molecular complexity index is 679. The van der Waals surface area contributed by atoms with Gasteiger partial charge in [-0.15, -0.1) is 0 Å². The number of hydrogen-bond acceptors (Lipinski definition) is 3. The highest BCUT2D eigenvalue weighted by molar-refractivity contribution is 5.74. The quantitative estimate of drug-likeness (QED) is 0.900. The number of nitrogens with zero attached hydrogens (tertiary/aromatic N) is 2. The van der Waals surface area contributed by atoms with Crippen LogP contribution in [0.1, 0.15) is 31.4 Å². The van der Waals surface area contributed by atoms with E-state index in [-0.39, 0.29) is 18.1 Å². The van der Waals surface area contributed by atoms with Gasteiger partial charge in [-0.1, -0.05) is 30.3 Å². The van der Waals surface area contributed by atoms with E-state index in [1.54, 1.807) is 6.20 Å². The fourth-order valence-electron chi connectivity index (χ4n) is 3.16. The minimum absolute atomic E-state index is 0.0331. The van der Waals surface area contributed by atoms with Crippen molar-refractivity contribution in [3.63, 3.8) is 0 Å². The summed E-state index contributed by atoms with van der Waals surface area (Å²) in [6, 6.07) is 12.4. The number of pyridine rings is 1. The van der Waals surface area contributed by atoms with E-state index in [1.165, 1.54) is 0 Å². The topological polar surface area (TPSA) is 57.3 Å². The van der Waals surface area contributed by atoms with Crippen LogP contribution in [-0.2, 0) is 0 Å². The predicted octanol–water partition coefficient (Wildman–Crippen LogP) is 3.20. The number of carbonyl (C=O) groups excluding carboxylic acids is 1. The second-order valence-corrected chi connectivity index (χ2v) is 6.78. The highest BCUT2D eigenvalue weighted by Crippen LogP contribution is 2.21. The third kappa shape index (κ3) is 4.79. The van der Waals surface area contributed by atoms with Crippen molar-refractivity contribution in [3.8, 4) is 11.1 Å². The summed E-state index contributed by atoms with van der Waals surface area (Å²) in [6.45, 7) is 4.08. The zero-order valence-corrected chi connectivity index (χ0v) is 14.9. The minimum Gasteiger partial charge on any atom is -0.335 e. The number of carbonyl (C=O) groups is 1. The Hall–Kier alpha value is -2.40. The fourth-order valence-corrected chi connectivity index (χ4v) is 3.16. The van der Waals surface area contributed by atoms with E-state index >= 15 is 0 Å². The molecule has 1 aliphatic heterocycles. The molecule has 3 rings (SSSR count). The van der Waals surface area contributed by atoms with Crippen LogP contribution in [0.3, 0.4) is 0 Å². The normalized spacial score (nSPS) is 17.0. The minimum atomic E-state index is -0.0848. The number of rotatable bonds is 4. The largest absolute Gasteiger partial charge is 0.335 e. The van der Waals surface area contributed by atoms with Gasteiger partial charge in [-0.2, -0.15) is 0 Å². The number of aromatic nitrogens is 1. The Morgan fingerprint density at radius 3 is 2.52 bits per heavy atom. The molecule has 5 heteroatoms. The van der Waals surface area contributed by atoms with Crippen molar-refractivity contribution < 1.29 is 4.79 Å². The molecular formula is C20H26N4O. The van der Waals surface area contributed by atoms with Crippen molar-refractivity contribution in [1.82, 2.24) is 20.5 Å². The van der Waals surface area contributed by atoms with Gasteiger partial charge in [-0.05, 0) is 62.7 Å². The predicted molar refractivity (Wildman–Crippen MR) is 100 cm³/mol. The molecule has 2 amide bonds. The van der Waals surface area contributed by atoms with Crippen LogP contribution >= 0.6 is 0 Å². The molecule has 2 N–H and O–H groups in total. The van der Waals surface area contributed by atoms with Crippen molar-refractivity contribution >= 4 is 6.03 Å². The van der Waals surface area contributed by atoms with Crippen LogP contribution in [-0.4, -0.2) is 42.1 Å². The average Bonchev–Trinajstić information content (AvgIpc) is 2.64.